The van der Waals surface area contributed by atoms with Crippen LogP contribution in [0.1, 0.15) is 12.5 Å². The number of amides is 2. The molecular formula is C11H16N6O. The number of hydrogen-bond acceptors (Lipinski definition) is 3. The molecule has 0 saturated heterocycles. The van der Waals surface area contributed by atoms with Crippen LogP contribution in [0.5, 0.6) is 0 Å². The molecule has 1 aromatic rings. The fraction of sp³-hybridized carbons (Fsp3) is 0.182. The molecule has 0 atom stereocenters. The third-order valence-electron chi connectivity index (χ3n) is 2.13. The molecule has 0 aliphatic heterocycles. The molecule has 1 rings (SSSR count). The maximum Gasteiger partial charge on any atom is 0.318 e. The zero-order valence-electron chi connectivity index (χ0n) is 10.2. The fourth-order valence-electron chi connectivity index (χ4n) is 1.20. The third kappa shape index (κ3) is 4.12. The van der Waals surface area contributed by atoms with Crippen molar-refractivity contribution < 1.29 is 4.79 Å². The largest absolute Gasteiger partial charge is 0.369 e. The molecule has 0 bridgehead atoms. The minimum absolute atomic E-state index is 0.216. The van der Waals surface area contributed by atoms with Gasteiger partial charge in [-0.1, -0.05) is 12.1 Å². The van der Waals surface area contributed by atoms with Crippen LogP contribution < -0.4 is 21.8 Å². The first kappa shape index (κ1) is 13.5. The van der Waals surface area contributed by atoms with Crippen molar-refractivity contribution in [3.8, 4) is 0 Å². The van der Waals surface area contributed by atoms with Crippen LogP contribution in [-0.2, 0) is 0 Å². The Morgan fingerprint density at radius 1 is 1.33 bits per heavy atom. The lowest BCUT2D eigenvalue weighted by Crippen LogP contribution is -2.26. The molecule has 96 valence electrons. The van der Waals surface area contributed by atoms with Crippen molar-refractivity contribution >= 4 is 23.4 Å². The van der Waals surface area contributed by atoms with Crippen LogP contribution >= 0.6 is 0 Å². The number of nitrogens with zero attached hydrogens (tertiary/aromatic N) is 1. The van der Waals surface area contributed by atoms with Crippen LogP contribution in [0.15, 0.2) is 29.4 Å². The predicted molar refractivity (Wildman–Crippen MR) is 71.8 cm³/mol. The van der Waals surface area contributed by atoms with Crippen molar-refractivity contribution in [2.75, 3.05) is 12.4 Å². The molecule has 7 nitrogen and oxygen atoms in total. The second-order valence-corrected chi connectivity index (χ2v) is 3.50. The number of rotatable bonds is 3. The zero-order chi connectivity index (χ0) is 13.5. The van der Waals surface area contributed by atoms with E-state index in [9.17, 15) is 4.79 Å². The molecule has 0 fully saturated rings. The van der Waals surface area contributed by atoms with Crippen LogP contribution in [0.25, 0.3) is 0 Å². The van der Waals surface area contributed by atoms with E-state index in [1.54, 1.807) is 26.1 Å². The summed E-state index contributed by atoms with van der Waals surface area (Å²) in [5.41, 5.74) is 9.74. The third-order valence-corrected chi connectivity index (χ3v) is 2.13. The molecule has 18 heavy (non-hydrogen) atoms. The van der Waals surface area contributed by atoms with Gasteiger partial charge in [-0.05, 0) is 24.6 Å². The Balaban J connectivity index is 2.73. The number of urea groups is 1. The lowest BCUT2D eigenvalue weighted by molar-refractivity contribution is 0.254. The van der Waals surface area contributed by atoms with Crippen LogP contribution in [-0.4, -0.2) is 24.8 Å². The molecule has 2 amide bonds. The minimum atomic E-state index is -0.272. The zero-order valence-corrected chi connectivity index (χ0v) is 10.2. The SMILES string of the molecule is CNC(=O)Nc1ccc(/C(C)=N/NC(=N)N)cc1. The molecule has 1 aromatic carbocycles. The van der Waals surface area contributed by atoms with Gasteiger partial charge in [0.25, 0.3) is 0 Å². The average Bonchev–Trinajstić information content (AvgIpc) is 2.36. The molecule has 0 aliphatic rings. The fourth-order valence-corrected chi connectivity index (χ4v) is 1.20. The van der Waals surface area contributed by atoms with Gasteiger partial charge in [0.05, 0.1) is 5.71 Å². The molecule has 0 saturated carbocycles. The molecule has 0 spiro atoms. The highest BCUT2D eigenvalue weighted by atomic mass is 16.2. The second-order valence-electron chi connectivity index (χ2n) is 3.50. The lowest BCUT2D eigenvalue weighted by atomic mass is 10.1. The highest BCUT2D eigenvalue weighted by Gasteiger charge is 2.00. The Labute approximate surface area is 105 Å². The monoisotopic (exact) mass is 248 g/mol. The highest BCUT2D eigenvalue weighted by Crippen LogP contribution is 2.10. The summed E-state index contributed by atoms with van der Waals surface area (Å²) < 4.78 is 0. The smallest absolute Gasteiger partial charge is 0.318 e. The molecule has 0 heterocycles. The second kappa shape index (κ2) is 6.24. The number of nitrogens with one attached hydrogen (secondary N) is 4. The first-order valence-electron chi connectivity index (χ1n) is 5.26. The van der Waals surface area contributed by atoms with Crippen LogP contribution in [0, 0.1) is 5.41 Å². The van der Waals surface area contributed by atoms with E-state index >= 15 is 0 Å². The van der Waals surface area contributed by atoms with Gasteiger partial charge < -0.3 is 16.4 Å². The van der Waals surface area contributed by atoms with Gasteiger partial charge in [-0.3, -0.25) is 5.41 Å². The number of anilines is 1. The maximum absolute atomic E-state index is 11.1. The number of nitrogens with two attached hydrogens (primary N) is 1. The van der Waals surface area contributed by atoms with Gasteiger partial charge >= 0.3 is 6.03 Å². The quantitative estimate of drug-likeness (QED) is 0.307. The molecule has 0 radical (unpaired) electrons. The topological polar surface area (TPSA) is 115 Å². The van der Waals surface area contributed by atoms with Crippen molar-refractivity contribution in [2.45, 2.75) is 6.92 Å². The summed E-state index contributed by atoms with van der Waals surface area (Å²) >= 11 is 0. The van der Waals surface area contributed by atoms with E-state index in [-0.39, 0.29) is 12.0 Å². The summed E-state index contributed by atoms with van der Waals surface area (Å²) in [6.45, 7) is 1.79. The number of hydrazone groups is 1. The Hall–Kier alpha value is -2.57. The maximum atomic E-state index is 11.1. The van der Waals surface area contributed by atoms with Crippen LogP contribution in [0.4, 0.5) is 10.5 Å². The molecular weight excluding hydrogens is 232 g/mol. The van der Waals surface area contributed by atoms with Gasteiger partial charge in [0.2, 0.25) is 5.96 Å². The number of carbonyl (C=O) groups excluding carboxylic acids is 1. The Kier molecular flexibility index (Phi) is 4.67. The summed E-state index contributed by atoms with van der Waals surface area (Å²) in [4.78, 5) is 11.1. The average molecular weight is 248 g/mol. The standard InChI is InChI=1S/C11H16N6O/c1-7(16-17-10(12)13)8-3-5-9(6-4-8)15-11(18)14-2/h3-6H,1-2H3,(H4,12,13,17)(H2,14,15,18)/b16-7+. The van der Waals surface area contributed by atoms with E-state index in [0.29, 0.717) is 11.4 Å². The van der Waals surface area contributed by atoms with Gasteiger partial charge in [0, 0.05) is 12.7 Å². The van der Waals surface area contributed by atoms with Crippen LogP contribution in [0.2, 0.25) is 0 Å². The summed E-state index contributed by atoms with van der Waals surface area (Å²) in [5.74, 6) is -0.216. The number of guanidine groups is 1. The number of carbonyl (C=O) groups is 1. The first-order valence-corrected chi connectivity index (χ1v) is 5.26. The molecule has 0 aromatic heterocycles. The summed E-state index contributed by atoms with van der Waals surface area (Å²) in [6, 6.07) is 6.87. The first-order chi connectivity index (χ1) is 8.52. The van der Waals surface area contributed by atoms with Gasteiger partial charge in [0.1, 0.15) is 0 Å². The number of hydrogen-bond donors (Lipinski definition) is 5. The highest BCUT2D eigenvalue weighted by molar-refractivity contribution is 5.99. The molecule has 0 unspecified atom stereocenters. The van der Waals surface area contributed by atoms with E-state index in [0.717, 1.165) is 5.56 Å². The Morgan fingerprint density at radius 3 is 2.44 bits per heavy atom. The van der Waals surface area contributed by atoms with Gasteiger partial charge in [-0.15, -0.1) is 0 Å². The van der Waals surface area contributed by atoms with E-state index in [2.05, 4.69) is 21.2 Å². The van der Waals surface area contributed by atoms with E-state index < -0.39 is 0 Å². The number of benzene rings is 1. The van der Waals surface area contributed by atoms with Crippen molar-refractivity contribution in [2.24, 2.45) is 10.8 Å². The van der Waals surface area contributed by atoms with Crippen molar-refractivity contribution in [1.82, 2.24) is 10.7 Å². The van der Waals surface area contributed by atoms with E-state index in [1.807, 2.05) is 12.1 Å². The van der Waals surface area contributed by atoms with Gasteiger partial charge in [-0.2, -0.15) is 5.10 Å². The summed E-state index contributed by atoms with van der Waals surface area (Å²) in [6.07, 6.45) is 0. The lowest BCUT2D eigenvalue weighted by Gasteiger charge is -2.06. The van der Waals surface area contributed by atoms with Gasteiger partial charge in [-0.25, -0.2) is 10.2 Å². The van der Waals surface area contributed by atoms with Gasteiger partial charge in [0.15, 0.2) is 0 Å². The van der Waals surface area contributed by atoms with Crippen LogP contribution in [0.3, 0.4) is 0 Å². The normalized spacial score (nSPS) is 10.7. The van der Waals surface area contributed by atoms with E-state index in [1.165, 1.54) is 0 Å². The summed E-state index contributed by atoms with van der Waals surface area (Å²) in [7, 11) is 1.55. The van der Waals surface area contributed by atoms with E-state index in [4.69, 9.17) is 11.1 Å². The summed E-state index contributed by atoms with van der Waals surface area (Å²) in [5, 5.41) is 16.0. The van der Waals surface area contributed by atoms with Crippen molar-refractivity contribution in [3.63, 3.8) is 0 Å². The Morgan fingerprint density at radius 2 is 1.94 bits per heavy atom. The van der Waals surface area contributed by atoms with Crippen molar-refractivity contribution in [1.29, 1.82) is 5.41 Å². The minimum Gasteiger partial charge on any atom is -0.369 e. The Bertz CT molecular complexity index is 465. The predicted octanol–water partition coefficient (Wildman–Crippen LogP) is 0.645. The van der Waals surface area contributed by atoms with Crippen molar-refractivity contribution in [3.05, 3.63) is 29.8 Å². The molecule has 6 N–H and O–H groups in total. The molecule has 0 aliphatic carbocycles. The molecule has 7 heteroatoms.